The molecule has 166 valence electrons. The number of aliphatic hydroxyl groups is 1. The average Bonchev–Trinajstić information content (AvgIpc) is 2.66. The summed E-state index contributed by atoms with van der Waals surface area (Å²) in [5.74, 6) is -2.03. The Bertz CT molecular complexity index is 857. The average molecular weight is 426 g/mol. The lowest BCUT2D eigenvalue weighted by Crippen LogP contribution is -2.49. The molecule has 1 aromatic heterocycles. The van der Waals surface area contributed by atoms with Crippen LogP contribution in [0.15, 0.2) is 4.79 Å². The SMILES string of the molecule is C[C@H](OC(=O)CCCC(=O)N[C@H](C)C(=O)O)[C@H](O)[C@H]1CNc2nc(N)[nH]c(=O)c2N1. The predicted octanol–water partition coefficient (Wildman–Crippen LogP) is -1.39. The van der Waals surface area contributed by atoms with E-state index in [9.17, 15) is 24.3 Å². The summed E-state index contributed by atoms with van der Waals surface area (Å²) in [5.41, 5.74) is 5.11. The van der Waals surface area contributed by atoms with Gasteiger partial charge in [0.2, 0.25) is 11.9 Å². The van der Waals surface area contributed by atoms with E-state index >= 15 is 0 Å². The fourth-order valence-corrected chi connectivity index (χ4v) is 2.83. The van der Waals surface area contributed by atoms with Gasteiger partial charge in [-0.05, 0) is 20.3 Å². The van der Waals surface area contributed by atoms with E-state index in [1.165, 1.54) is 13.8 Å². The highest BCUT2D eigenvalue weighted by Gasteiger charge is 2.32. The molecule has 2 heterocycles. The number of carboxylic acid groups (broad SMARTS) is 1. The van der Waals surface area contributed by atoms with Gasteiger partial charge < -0.3 is 36.6 Å². The molecule has 1 amide bonds. The second-order valence-corrected chi connectivity index (χ2v) is 6.97. The number of nitrogen functional groups attached to an aromatic ring is 1. The van der Waals surface area contributed by atoms with E-state index in [0.29, 0.717) is 0 Å². The number of nitrogens with one attached hydrogen (secondary N) is 4. The van der Waals surface area contributed by atoms with Crippen LogP contribution in [0.2, 0.25) is 0 Å². The van der Waals surface area contributed by atoms with Crippen LogP contribution in [-0.2, 0) is 19.1 Å². The maximum Gasteiger partial charge on any atom is 0.325 e. The molecule has 2 rings (SSSR count). The molecule has 1 aliphatic rings. The summed E-state index contributed by atoms with van der Waals surface area (Å²) in [6.07, 6.45) is -1.97. The molecular formula is C17H26N6O7. The number of carbonyl (C=O) groups is 3. The van der Waals surface area contributed by atoms with E-state index in [2.05, 4.69) is 25.9 Å². The summed E-state index contributed by atoms with van der Waals surface area (Å²) in [6, 6.07) is -1.64. The van der Waals surface area contributed by atoms with E-state index in [0.717, 1.165) is 0 Å². The highest BCUT2D eigenvalue weighted by molar-refractivity contribution is 5.83. The zero-order valence-corrected chi connectivity index (χ0v) is 16.6. The number of rotatable bonds is 9. The molecule has 0 aliphatic carbocycles. The summed E-state index contributed by atoms with van der Waals surface area (Å²) in [5, 5.41) is 27.2. The molecule has 0 bridgehead atoms. The van der Waals surface area contributed by atoms with Gasteiger partial charge in [0.15, 0.2) is 5.82 Å². The molecule has 0 saturated heterocycles. The molecule has 1 aliphatic heterocycles. The maximum atomic E-state index is 12.0. The van der Waals surface area contributed by atoms with Gasteiger partial charge in [-0.1, -0.05) is 0 Å². The second-order valence-electron chi connectivity index (χ2n) is 6.97. The van der Waals surface area contributed by atoms with Crippen molar-refractivity contribution >= 4 is 35.3 Å². The van der Waals surface area contributed by atoms with E-state index in [-0.39, 0.29) is 43.3 Å². The number of carboxylic acids is 1. The topological polar surface area (TPSA) is 209 Å². The third-order valence-corrected chi connectivity index (χ3v) is 4.50. The van der Waals surface area contributed by atoms with E-state index < -0.39 is 47.7 Å². The van der Waals surface area contributed by atoms with Crippen molar-refractivity contribution in [2.75, 3.05) is 22.9 Å². The van der Waals surface area contributed by atoms with Crippen molar-refractivity contribution in [3.8, 4) is 0 Å². The molecule has 13 nitrogen and oxygen atoms in total. The Hall–Kier alpha value is -3.35. The van der Waals surface area contributed by atoms with E-state index in [1.54, 1.807) is 0 Å². The van der Waals surface area contributed by atoms with Crippen molar-refractivity contribution in [2.45, 2.75) is 57.4 Å². The second kappa shape index (κ2) is 9.91. The number of aliphatic hydroxyl groups excluding tert-OH is 1. The van der Waals surface area contributed by atoms with Gasteiger partial charge in [-0.25, -0.2) is 0 Å². The first-order valence-electron chi connectivity index (χ1n) is 9.38. The van der Waals surface area contributed by atoms with E-state index in [4.69, 9.17) is 15.6 Å². The first kappa shape index (κ1) is 22.9. The van der Waals surface area contributed by atoms with E-state index in [1.807, 2.05) is 0 Å². The van der Waals surface area contributed by atoms with Gasteiger partial charge >= 0.3 is 11.9 Å². The molecule has 8 N–H and O–H groups in total. The van der Waals surface area contributed by atoms with Crippen molar-refractivity contribution in [2.24, 2.45) is 0 Å². The number of carbonyl (C=O) groups excluding carboxylic acids is 2. The van der Waals surface area contributed by atoms with Crippen LogP contribution in [-0.4, -0.2) is 68.9 Å². The Morgan fingerprint density at radius 1 is 1.33 bits per heavy atom. The Morgan fingerprint density at radius 3 is 2.70 bits per heavy atom. The van der Waals surface area contributed by atoms with Gasteiger partial charge in [0.05, 0.1) is 6.04 Å². The highest BCUT2D eigenvalue weighted by Crippen LogP contribution is 2.22. The number of fused-ring (bicyclic) bond motifs is 1. The lowest BCUT2D eigenvalue weighted by atomic mass is 10.0. The Morgan fingerprint density at radius 2 is 2.03 bits per heavy atom. The fourth-order valence-electron chi connectivity index (χ4n) is 2.83. The number of hydrogen-bond donors (Lipinski definition) is 7. The summed E-state index contributed by atoms with van der Waals surface area (Å²) < 4.78 is 5.20. The zero-order chi connectivity index (χ0) is 22.4. The van der Waals surface area contributed by atoms with Crippen molar-refractivity contribution in [1.82, 2.24) is 15.3 Å². The standard InChI is InChI=1S/C17H26N6O7/c1-7(16(28)29)20-10(24)4-3-5-11(25)30-8(2)13(26)9-6-19-14-12(21-9)15(27)23-17(18)22-14/h7-9,13,21,26H,3-6H2,1-2H3,(H,20,24)(H,28,29)(H4,18,19,22,23,27)/t7-,8+,9-,13+/m1/s1. The first-order chi connectivity index (χ1) is 14.1. The molecule has 1 aromatic rings. The van der Waals surface area contributed by atoms with Crippen LogP contribution in [0, 0.1) is 0 Å². The van der Waals surface area contributed by atoms with Crippen LogP contribution >= 0.6 is 0 Å². The van der Waals surface area contributed by atoms with Crippen LogP contribution in [0.25, 0.3) is 0 Å². The molecule has 0 saturated carbocycles. The third-order valence-electron chi connectivity index (χ3n) is 4.50. The number of aromatic nitrogens is 2. The molecule has 0 aromatic carbocycles. The monoisotopic (exact) mass is 426 g/mol. The van der Waals surface area contributed by atoms with Crippen molar-refractivity contribution < 1.29 is 29.3 Å². The van der Waals surface area contributed by atoms with Crippen LogP contribution in [0.1, 0.15) is 33.1 Å². The smallest absolute Gasteiger partial charge is 0.325 e. The van der Waals surface area contributed by atoms with Gasteiger partial charge in [-0.3, -0.25) is 24.2 Å². The number of nitrogens with zero attached hydrogens (tertiary/aromatic N) is 1. The van der Waals surface area contributed by atoms with Crippen LogP contribution in [0.5, 0.6) is 0 Å². The normalized spacial score (nSPS) is 18.0. The van der Waals surface area contributed by atoms with Gasteiger partial charge in [0.1, 0.15) is 23.9 Å². The lowest BCUT2D eigenvalue weighted by Gasteiger charge is -2.32. The molecule has 4 atom stereocenters. The quantitative estimate of drug-likeness (QED) is 0.229. The predicted molar refractivity (Wildman–Crippen MR) is 106 cm³/mol. The van der Waals surface area contributed by atoms with Crippen LogP contribution < -0.4 is 27.2 Å². The number of hydrogen-bond acceptors (Lipinski definition) is 10. The number of aliphatic carboxylic acids is 1. The number of esters is 1. The minimum Gasteiger partial charge on any atom is -0.480 e. The number of anilines is 3. The highest BCUT2D eigenvalue weighted by atomic mass is 16.6. The van der Waals surface area contributed by atoms with Gasteiger partial charge in [0.25, 0.3) is 5.56 Å². The fraction of sp³-hybridized carbons (Fsp3) is 0.588. The van der Waals surface area contributed by atoms with Crippen LogP contribution in [0.4, 0.5) is 17.5 Å². The molecule has 0 fully saturated rings. The largest absolute Gasteiger partial charge is 0.480 e. The number of nitrogens with two attached hydrogens (primary N) is 1. The van der Waals surface area contributed by atoms with Gasteiger partial charge in [-0.2, -0.15) is 4.98 Å². The van der Waals surface area contributed by atoms with Crippen molar-refractivity contribution in [3.05, 3.63) is 10.4 Å². The molecule has 0 spiro atoms. The summed E-state index contributed by atoms with van der Waals surface area (Å²) in [6.45, 7) is 3.06. The Balaban J connectivity index is 1.79. The lowest BCUT2D eigenvalue weighted by molar-refractivity contribution is -0.154. The van der Waals surface area contributed by atoms with Crippen molar-refractivity contribution in [1.29, 1.82) is 0 Å². The minimum atomic E-state index is -1.15. The number of ether oxygens (including phenoxy) is 1. The maximum absolute atomic E-state index is 12.0. The molecule has 0 radical (unpaired) electrons. The van der Waals surface area contributed by atoms with Crippen molar-refractivity contribution in [3.63, 3.8) is 0 Å². The summed E-state index contributed by atoms with van der Waals surface area (Å²) >= 11 is 0. The molecule has 30 heavy (non-hydrogen) atoms. The number of amides is 1. The van der Waals surface area contributed by atoms with Gasteiger partial charge in [-0.15, -0.1) is 0 Å². The molecule has 13 heteroatoms. The molecule has 0 unspecified atom stereocenters. The van der Waals surface area contributed by atoms with Gasteiger partial charge in [0, 0.05) is 19.4 Å². The molecular weight excluding hydrogens is 400 g/mol. The minimum absolute atomic E-state index is 0.0343. The number of aromatic amines is 1. The van der Waals surface area contributed by atoms with Crippen LogP contribution in [0.3, 0.4) is 0 Å². The third kappa shape index (κ3) is 6.07. The summed E-state index contributed by atoms with van der Waals surface area (Å²) in [7, 11) is 0. The zero-order valence-electron chi connectivity index (χ0n) is 16.6. The first-order valence-corrected chi connectivity index (χ1v) is 9.38. The summed E-state index contributed by atoms with van der Waals surface area (Å²) in [4.78, 5) is 52.5. The Kier molecular flexibility index (Phi) is 7.58. The number of H-pyrrole nitrogens is 1. The Labute approximate surface area is 171 Å².